The molecular weight excluding hydrogens is 452 g/mol. The Bertz CT molecular complexity index is 1420. The lowest BCUT2D eigenvalue weighted by Crippen LogP contribution is -2.45. The van der Waals surface area contributed by atoms with Gasteiger partial charge in [-0.05, 0) is 92.3 Å². The Morgan fingerprint density at radius 2 is 2.08 bits per heavy atom. The van der Waals surface area contributed by atoms with Gasteiger partial charge in [-0.1, -0.05) is 19.9 Å². The van der Waals surface area contributed by atoms with Gasteiger partial charge in [0.05, 0.1) is 5.69 Å². The van der Waals surface area contributed by atoms with Crippen LogP contribution in [-0.4, -0.2) is 54.8 Å². The summed E-state index contributed by atoms with van der Waals surface area (Å²) < 4.78 is 1.86. The fourth-order valence-corrected chi connectivity index (χ4v) is 5.98. The van der Waals surface area contributed by atoms with Crippen molar-refractivity contribution in [3.8, 4) is 11.3 Å². The summed E-state index contributed by atoms with van der Waals surface area (Å²) in [5.41, 5.74) is 14.9. The molecule has 1 fully saturated rings. The molecule has 0 spiro atoms. The predicted molar refractivity (Wildman–Crippen MR) is 143 cm³/mol. The molecule has 2 atom stereocenters. The largest absolute Gasteiger partial charge is 0.465 e. The minimum atomic E-state index is -0.821. The van der Waals surface area contributed by atoms with Crippen LogP contribution in [0.1, 0.15) is 73.6 Å². The second kappa shape index (κ2) is 9.58. The van der Waals surface area contributed by atoms with Gasteiger partial charge in [0.2, 0.25) is 0 Å². The van der Waals surface area contributed by atoms with E-state index >= 15 is 0 Å². The first-order valence-electron chi connectivity index (χ1n) is 12.9. The summed E-state index contributed by atoms with van der Waals surface area (Å²) in [5, 5.41) is 15.3. The van der Waals surface area contributed by atoms with E-state index in [1.54, 1.807) is 11.2 Å². The predicted octanol–water partition coefficient (Wildman–Crippen LogP) is 5.58. The molecule has 190 valence electrons. The van der Waals surface area contributed by atoms with Crippen LogP contribution in [0.25, 0.3) is 27.8 Å². The van der Waals surface area contributed by atoms with Crippen LogP contribution in [0, 0.1) is 13.8 Å². The van der Waals surface area contributed by atoms with Gasteiger partial charge in [-0.25, -0.2) is 14.3 Å². The summed E-state index contributed by atoms with van der Waals surface area (Å²) in [4.78, 5) is 21.5. The summed E-state index contributed by atoms with van der Waals surface area (Å²) in [6.07, 6.45) is 6.19. The van der Waals surface area contributed by atoms with Crippen LogP contribution < -0.4 is 5.73 Å². The second-order valence-corrected chi connectivity index (χ2v) is 10.5. The van der Waals surface area contributed by atoms with Gasteiger partial charge in [0.1, 0.15) is 6.33 Å². The number of aromatic nitrogens is 4. The Labute approximate surface area is 211 Å². The van der Waals surface area contributed by atoms with E-state index in [-0.39, 0.29) is 6.04 Å². The first-order chi connectivity index (χ1) is 17.3. The lowest BCUT2D eigenvalue weighted by atomic mass is 9.83. The average molecular weight is 489 g/mol. The lowest BCUT2D eigenvalue weighted by molar-refractivity contribution is 0.0968. The number of nitrogens with two attached hydrogens (primary N) is 1. The minimum Gasteiger partial charge on any atom is -0.465 e. The van der Waals surface area contributed by atoms with Gasteiger partial charge in [0.15, 0.2) is 5.65 Å². The highest BCUT2D eigenvalue weighted by molar-refractivity contribution is 5.92. The maximum absolute atomic E-state index is 11.8. The number of hydrogen-bond acceptors (Lipinski definition) is 4. The molecule has 1 amide bonds. The van der Waals surface area contributed by atoms with Crippen molar-refractivity contribution < 1.29 is 9.90 Å². The molecule has 4 aromatic rings. The average Bonchev–Trinajstić information content (AvgIpc) is 3.48. The Hall–Kier alpha value is -3.39. The molecule has 2 unspecified atom stereocenters. The third-order valence-electron chi connectivity index (χ3n) is 8.01. The van der Waals surface area contributed by atoms with Gasteiger partial charge in [-0.15, -0.1) is 0 Å². The van der Waals surface area contributed by atoms with E-state index in [2.05, 4.69) is 67.2 Å². The van der Waals surface area contributed by atoms with Gasteiger partial charge in [0, 0.05) is 35.2 Å². The molecule has 1 saturated heterocycles. The molecule has 4 heterocycles. The summed E-state index contributed by atoms with van der Waals surface area (Å²) in [7, 11) is 0. The summed E-state index contributed by atoms with van der Waals surface area (Å²) in [5.74, 6) is 0.655. The third-order valence-corrected chi connectivity index (χ3v) is 8.01. The molecule has 1 aliphatic heterocycles. The smallest absolute Gasteiger partial charge is 0.407 e. The van der Waals surface area contributed by atoms with Gasteiger partial charge >= 0.3 is 6.09 Å². The maximum atomic E-state index is 11.8. The molecule has 1 aliphatic rings. The molecule has 5 rings (SSSR count). The Balaban J connectivity index is 1.56. The van der Waals surface area contributed by atoms with Gasteiger partial charge < -0.3 is 20.7 Å². The molecular formula is C28H36N6O2. The van der Waals surface area contributed by atoms with Gasteiger partial charge in [0.25, 0.3) is 0 Å². The highest BCUT2D eigenvalue weighted by atomic mass is 16.4. The van der Waals surface area contributed by atoms with E-state index < -0.39 is 6.09 Å². The molecule has 8 nitrogen and oxygen atoms in total. The maximum Gasteiger partial charge on any atom is 0.407 e. The molecule has 0 radical (unpaired) electrons. The van der Waals surface area contributed by atoms with Crippen LogP contribution in [0.4, 0.5) is 4.79 Å². The van der Waals surface area contributed by atoms with Crippen molar-refractivity contribution in [3.63, 3.8) is 0 Å². The Morgan fingerprint density at radius 3 is 2.81 bits per heavy atom. The van der Waals surface area contributed by atoms with Gasteiger partial charge in [-0.2, -0.15) is 5.10 Å². The number of rotatable bonds is 6. The first-order valence-corrected chi connectivity index (χ1v) is 12.9. The molecule has 0 aliphatic carbocycles. The first kappa shape index (κ1) is 24.3. The fraction of sp³-hybridized carbons (Fsp3) is 0.464. The van der Waals surface area contributed by atoms with Crippen LogP contribution in [0.3, 0.4) is 0 Å². The van der Waals surface area contributed by atoms with Crippen LogP contribution >= 0.6 is 0 Å². The Morgan fingerprint density at radius 1 is 1.28 bits per heavy atom. The van der Waals surface area contributed by atoms with Crippen molar-refractivity contribution in [1.82, 2.24) is 24.5 Å². The number of pyridine rings is 1. The third kappa shape index (κ3) is 4.13. The standard InChI is InChI=1S/C28H36N6O2/c1-16(2)25-22-13-19(20-9-11-33(28(35)36)21(12-20)6-5-10-29)7-8-24(22)32-26(25)23-14-34-27(30-15-31-34)18(4)17(23)3/h7-8,13-16,20-21,32H,5-6,9-12,29H2,1-4H3,(H,35,36). The van der Waals surface area contributed by atoms with Crippen LogP contribution in [0.5, 0.6) is 0 Å². The SMILES string of the molecule is Cc1c(-c2[nH]c3ccc(C4CCN(C(=O)O)C(CCCN)C4)cc3c2C(C)C)cn2ncnc2c1C. The van der Waals surface area contributed by atoms with Crippen LogP contribution in [-0.2, 0) is 0 Å². The van der Waals surface area contributed by atoms with Crippen LogP contribution in [0.15, 0.2) is 30.7 Å². The molecule has 0 bridgehead atoms. The summed E-state index contributed by atoms with van der Waals surface area (Å²) in [6, 6.07) is 6.76. The molecule has 4 N–H and O–H groups in total. The molecule has 0 saturated carbocycles. The number of nitrogens with one attached hydrogen (secondary N) is 1. The van der Waals surface area contributed by atoms with Crippen molar-refractivity contribution in [1.29, 1.82) is 0 Å². The number of carbonyl (C=O) groups is 1. The number of hydrogen-bond donors (Lipinski definition) is 3. The van der Waals surface area contributed by atoms with E-state index in [9.17, 15) is 9.90 Å². The number of fused-ring (bicyclic) bond motifs is 2. The van der Waals surface area contributed by atoms with Crippen molar-refractivity contribution in [2.45, 2.75) is 71.3 Å². The number of amides is 1. The molecule has 36 heavy (non-hydrogen) atoms. The minimum absolute atomic E-state index is 0.0203. The number of likely N-dealkylation sites (tertiary alicyclic amines) is 1. The zero-order chi connectivity index (χ0) is 25.6. The van der Waals surface area contributed by atoms with Crippen molar-refractivity contribution in [2.24, 2.45) is 5.73 Å². The zero-order valence-corrected chi connectivity index (χ0v) is 21.6. The number of nitrogens with zero attached hydrogens (tertiary/aromatic N) is 4. The Kier molecular flexibility index (Phi) is 6.47. The topological polar surface area (TPSA) is 113 Å². The van der Waals surface area contributed by atoms with E-state index in [1.165, 1.54) is 22.1 Å². The number of piperidine rings is 1. The number of aromatic amines is 1. The van der Waals surface area contributed by atoms with Crippen LogP contribution in [0.2, 0.25) is 0 Å². The number of benzene rings is 1. The number of carboxylic acid groups (broad SMARTS) is 1. The molecule has 1 aromatic carbocycles. The lowest BCUT2D eigenvalue weighted by Gasteiger charge is -2.38. The highest BCUT2D eigenvalue weighted by Gasteiger charge is 2.32. The van der Waals surface area contributed by atoms with E-state index in [0.717, 1.165) is 53.7 Å². The zero-order valence-electron chi connectivity index (χ0n) is 21.6. The van der Waals surface area contributed by atoms with E-state index in [4.69, 9.17) is 5.73 Å². The van der Waals surface area contributed by atoms with E-state index in [1.807, 2.05) is 4.52 Å². The van der Waals surface area contributed by atoms with Gasteiger partial charge in [-0.3, -0.25) is 0 Å². The summed E-state index contributed by atoms with van der Waals surface area (Å²) in [6.45, 7) is 9.89. The number of aryl methyl sites for hydroxylation is 1. The fourth-order valence-electron chi connectivity index (χ4n) is 5.98. The van der Waals surface area contributed by atoms with Crippen molar-refractivity contribution >= 4 is 22.6 Å². The normalized spacial score (nSPS) is 18.6. The van der Waals surface area contributed by atoms with Crippen molar-refractivity contribution in [3.05, 3.63) is 53.0 Å². The monoisotopic (exact) mass is 488 g/mol. The van der Waals surface area contributed by atoms with E-state index in [0.29, 0.717) is 24.9 Å². The van der Waals surface area contributed by atoms with Crippen molar-refractivity contribution in [2.75, 3.05) is 13.1 Å². The molecule has 3 aromatic heterocycles. The quantitative estimate of drug-likeness (QED) is 0.328. The molecule has 8 heteroatoms. The summed E-state index contributed by atoms with van der Waals surface area (Å²) >= 11 is 0. The number of H-pyrrole nitrogens is 1. The highest BCUT2D eigenvalue weighted by Crippen LogP contribution is 2.40. The second-order valence-electron chi connectivity index (χ2n) is 10.5.